The van der Waals surface area contributed by atoms with Crippen molar-refractivity contribution in [2.45, 2.75) is 24.3 Å². The molecular formula is C17H16N8S. The van der Waals surface area contributed by atoms with E-state index in [1.807, 2.05) is 68.4 Å². The molecule has 0 aliphatic carbocycles. The van der Waals surface area contributed by atoms with Crippen LogP contribution in [0.15, 0.2) is 59.8 Å². The summed E-state index contributed by atoms with van der Waals surface area (Å²) in [6.07, 6.45) is 0. The van der Waals surface area contributed by atoms with Crippen molar-refractivity contribution in [3.63, 3.8) is 0 Å². The predicted molar refractivity (Wildman–Crippen MR) is 97.3 cm³/mol. The van der Waals surface area contributed by atoms with E-state index in [4.69, 9.17) is 0 Å². The van der Waals surface area contributed by atoms with Crippen LogP contribution in [0, 0.1) is 6.92 Å². The van der Waals surface area contributed by atoms with Crippen LogP contribution in [0.1, 0.15) is 23.6 Å². The highest BCUT2D eigenvalue weighted by Crippen LogP contribution is 2.33. The topological polar surface area (TPSA) is 87.2 Å². The molecule has 0 aliphatic heterocycles. The van der Waals surface area contributed by atoms with Gasteiger partial charge in [-0.05, 0) is 58.5 Å². The minimum atomic E-state index is -0.0426. The first-order valence-corrected chi connectivity index (χ1v) is 8.97. The molecule has 0 aliphatic rings. The summed E-state index contributed by atoms with van der Waals surface area (Å²) in [5.41, 5.74) is 2.97. The monoisotopic (exact) mass is 364 g/mol. The average Bonchev–Trinajstić information content (AvgIpc) is 3.32. The molecule has 0 bridgehead atoms. The third kappa shape index (κ3) is 3.08. The fourth-order valence-corrected chi connectivity index (χ4v) is 3.50. The SMILES string of the molecule is Cc1ccccc1-n1nnnc1SC(C)c1nnnn1-c1ccccc1. The molecule has 0 saturated heterocycles. The Labute approximate surface area is 154 Å². The maximum Gasteiger partial charge on any atom is 0.214 e. The van der Waals surface area contributed by atoms with Crippen molar-refractivity contribution < 1.29 is 0 Å². The molecule has 2 aromatic carbocycles. The van der Waals surface area contributed by atoms with E-state index >= 15 is 0 Å². The van der Waals surface area contributed by atoms with Crippen molar-refractivity contribution in [3.05, 3.63) is 66.0 Å². The largest absolute Gasteiger partial charge is 0.214 e. The number of tetrazole rings is 2. The van der Waals surface area contributed by atoms with Gasteiger partial charge in [-0.15, -0.1) is 10.2 Å². The van der Waals surface area contributed by atoms with Crippen LogP contribution in [0.25, 0.3) is 11.4 Å². The average molecular weight is 364 g/mol. The first-order valence-electron chi connectivity index (χ1n) is 8.09. The molecule has 0 saturated carbocycles. The van der Waals surface area contributed by atoms with E-state index in [1.165, 1.54) is 11.8 Å². The molecule has 26 heavy (non-hydrogen) atoms. The highest BCUT2D eigenvalue weighted by atomic mass is 32.2. The van der Waals surface area contributed by atoms with Gasteiger partial charge in [0.2, 0.25) is 5.16 Å². The molecule has 2 heterocycles. The zero-order valence-electron chi connectivity index (χ0n) is 14.3. The Morgan fingerprint density at radius 3 is 2.35 bits per heavy atom. The zero-order chi connectivity index (χ0) is 17.9. The van der Waals surface area contributed by atoms with Gasteiger partial charge in [0.05, 0.1) is 16.6 Å². The summed E-state index contributed by atoms with van der Waals surface area (Å²) in [6.45, 7) is 4.07. The number of para-hydroxylation sites is 2. The van der Waals surface area contributed by atoms with Crippen molar-refractivity contribution in [2.24, 2.45) is 0 Å². The molecule has 9 heteroatoms. The summed E-state index contributed by atoms with van der Waals surface area (Å²) in [5.74, 6) is 0.737. The predicted octanol–water partition coefficient (Wildman–Crippen LogP) is 2.80. The molecule has 1 atom stereocenters. The van der Waals surface area contributed by atoms with Crippen molar-refractivity contribution in [1.29, 1.82) is 0 Å². The molecular weight excluding hydrogens is 348 g/mol. The zero-order valence-corrected chi connectivity index (χ0v) is 15.1. The summed E-state index contributed by atoms with van der Waals surface area (Å²) < 4.78 is 3.48. The van der Waals surface area contributed by atoms with E-state index in [-0.39, 0.29) is 5.25 Å². The lowest BCUT2D eigenvalue weighted by molar-refractivity contribution is 0.744. The van der Waals surface area contributed by atoms with Crippen LogP contribution in [-0.2, 0) is 0 Å². The molecule has 130 valence electrons. The van der Waals surface area contributed by atoms with Crippen LogP contribution in [0.3, 0.4) is 0 Å². The molecule has 0 fully saturated rings. The molecule has 2 aromatic heterocycles. The van der Waals surface area contributed by atoms with Gasteiger partial charge in [-0.3, -0.25) is 0 Å². The van der Waals surface area contributed by atoms with E-state index in [1.54, 1.807) is 9.36 Å². The number of aromatic nitrogens is 8. The number of nitrogens with zero attached hydrogens (tertiary/aromatic N) is 8. The lowest BCUT2D eigenvalue weighted by Crippen LogP contribution is -2.06. The Morgan fingerprint density at radius 2 is 1.54 bits per heavy atom. The van der Waals surface area contributed by atoms with Crippen LogP contribution in [0.4, 0.5) is 0 Å². The number of thioether (sulfide) groups is 1. The van der Waals surface area contributed by atoms with Gasteiger partial charge >= 0.3 is 0 Å². The van der Waals surface area contributed by atoms with E-state index in [2.05, 4.69) is 31.1 Å². The lowest BCUT2D eigenvalue weighted by atomic mass is 10.2. The number of aryl methyl sites for hydroxylation is 1. The second-order valence-corrected chi connectivity index (χ2v) is 7.01. The Morgan fingerprint density at radius 1 is 0.846 bits per heavy atom. The van der Waals surface area contributed by atoms with Gasteiger partial charge in [0.15, 0.2) is 5.82 Å². The van der Waals surface area contributed by atoms with E-state index in [0.29, 0.717) is 5.16 Å². The number of hydrogen-bond donors (Lipinski definition) is 0. The van der Waals surface area contributed by atoms with Gasteiger partial charge in [-0.25, -0.2) is 0 Å². The summed E-state index contributed by atoms with van der Waals surface area (Å²) in [6, 6.07) is 17.8. The Kier molecular flexibility index (Phi) is 4.44. The first kappa shape index (κ1) is 16.4. The molecule has 0 N–H and O–H groups in total. The smallest absolute Gasteiger partial charge is 0.196 e. The standard InChI is InChI=1S/C17H16N8S/c1-12-8-6-7-11-15(12)25-17(19-21-23-25)26-13(2)16-18-20-22-24(16)14-9-4-3-5-10-14/h3-11,13H,1-2H3. The molecule has 0 radical (unpaired) electrons. The van der Waals surface area contributed by atoms with E-state index < -0.39 is 0 Å². The molecule has 0 amide bonds. The molecule has 1 unspecified atom stereocenters. The Hall–Kier alpha value is -3.07. The second-order valence-electron chi connectivity index (χ2n) is 5.70. The lowest BCUT2D eigenvalue weighted by Gasteiger charge is -2.12. The minimum Gasteiger partial charge on any atom is -0.196 e. The summed E-state index contributed by atoms with van der Waals surface area (Å²) in [4.78, 5) is 0. The number of hydrogen-bond acceptors (Lipinski definition) is 7. The first-order chi connectivity index (χ1) is 12.7. The Balaban J connectivity index is 1.64. The summed E-state index contributed by atoms with van der Waals surface area (Å²) in [5, 5.41) is 24.9. The normalized spacial score (nSPS) is 12.2. The fraction of sp³-hybridized carbons (Fsp3) is 0.176. The minimum absolute atomic E-state index is 0.0426. The fourth-order valence-electron chi connectivity index (χ4n) is 2.62. The summed E-state index contributed by atoms with van der Waals surface area (Å²) >= 11 is 1.51. The Bertz CT molecular complexity index is 1010. The molecule has 0 spiro atoms. The van der Waals surface area contributed by atoms with Crippen LogP contribution >= 0.6 is 11.8 Å². The van der Waals surface area contributed by atoms with Crippen LogP contribution < -0.4 is 0 Å². The maximum atomic E-state index is 4.20. The summed E-state index contributed by atoms with van der Waals surface area (Å²) in [7, 11) is 0. The van der Waals surface area contributed by atoms with Gasteiger partial charge in [-0.1, -0.05) is 48.2 Å². The highest BCUT2D eigenvalue weighted by molar-refractivity contribution is 7.99. The van der Waals surface area contributed by atoms with Crippen LogP contribution in [0.2, 0.25) is 0 Å². The quantitative estimate of drug-likeness (QED) is 0.503. The van der Waals surface area contributed by atoms with Crippen LogP contribution in [-0.4, -0.2) is 40.4 Å². The van der Waals surface area contributed by atoms with Gasteiger partial charge in [0.25, 0.3) is 0 Å². The maximum absolute atomic E-state index is 4.20. The van der Waals surface area contributed by atoms with Crippen molar-refractivity contribution in [1.82, 2.24) is 40.4 Å². The van der Waals surface area contributed by atoms with Gasteiger partial charge < -0.3 is 0 Å². The molecule has 4 rings (SSSR count). The van der Waals surface area contributed by atoms with Crippen molar-refractivity contribution in [2.75, 3.05) is 0 Å². The van der Waals surface area contributed by atoms with E-state index in [9.17, 15) is 0 Å². The molecule has 4 aromatic rings. The van der Waals surface area contributed by atoms with Crippen molar-refractivity contribution in [3.8, 4) is 11.4 Å². The van der Waals surface area contributed by atoms with Crippen LogP contribution in [0.5, 0.6) is 0 Å². The van der Waals surface area contributed by atoms with Gasteiger partial charge in [-0.2, -0.15) is 9.36 Å². The van der Waals surface area contributed by atoms with Gasteiger partial charge in [0.1, 0.15) is 0 Å². The van der Waals surface area contributed by atoms with E-state index in [0.717, 1.165) is 22.8 Å². The highest BCUT2D eigenvalue weighted by Gasteiger charge is 2.21. The third-order valence-corrected chi connectivity index (χ3v) is 4.95. The number of rotatable bonds is 5. The molecule has 8 nitrogen and oxygen atoms in total. The van der Waals surface area contributed by atoms with Gasteiger partial charge in [0, 0.05) is 0 Å². The van der Waals surface area contributed by atoms with Crippen molar-refractivity contribution >= 4 is 11.8 Å². The number of benzene rings is 2. The third-order valence-electron chi connectivity index (χ3n) is 3.92. The second kappa shape index (κ2) is 7.04.